The third-order valence-electron chi connectivity index (χ3n) is 6.55. The van der Waals surface area contributed by atoms with E-state index in [-0.39, 0.29) is 0 Å². The lowest BCUT2D eigenvalue weighted by molar-refractivity contribution is -0.00310. The third-order valence-corrected chi connectivity index (χ3v) is 7.55. The molecule has 0 unspecified atom stereocenters. The molecule has 122 valence electrons. The zero-order valence-electron chi connectivity index (χ0n) is 13.5. The quantitative estimate of drug-likeness (QED) is 0.697. The summed E-state index contributed by atoms with van der Waals surface area (Å²) in [5, 5.41) is 15.1. The van der Waals surface area contributed by atoms with E-state index < -0.39 is 0 Å². The van der Waals surface area contributed by atoms with Crippen molar-refractivity contribution in [1.29, 1.82) is 0 Å². The molecule has 0 amide bonds. The summed E-state index contributed by atoms with van der Waals surface area (Å²) in [4.78, 5) is 0.942. The van der Waals surface area contributed by atoms with Crippen LogP contribution in [-0.4, -0.2) is 19.8 Å². The van der Waals surface area contributed by atoms with Gasteiger partial charge in [0.2, 0.25) is 4.96 Å². The van der Waals surface area contributed by atoms with Crippen molar-refractivity contribution in [1.82, 2.24) is 19.8 Å². The molecule has 0 spiro atoms. The highest BCUT2D eigenvalue weighted by atomic mass is 32.1. The molecule has 4 bridgehead atoms. The fourth-order valence-electron chi connectivity index (χ4n) is 5.86. The Balaban J connectivity index is 1.42. The fraction of sp³-hybridized carbons (Fsp3) is 0.526. The van der Waals surface area contributed by atoms with Gasteiger partial charge in [-0.2, -0.15) is 9.61 Å². The van der Waals surface area contributed by atoms with Crippen molar-refractivity contribution < 1.29 is 0 Å². The third kappa shape index (κ3) is 1.88. The van der Waals surface area contributed by atoms with Gasteiger partial charge in [-0.05, 0) is 55.8 Å². The van der Waals surface area contributed by atoms with E-state index in [0.29, 0.717) is 5.92 Å². The van der Waals surface area contributed by atoms with Gasteiger partial charge in [-0.1, -0.05) is 41.7 Å². The van der Waals surface area contributed by atoms with Crippen LogP contribution in [0.25, 0.3) is 16.3 Å². The second-order valence-corrected chi connectivity index (χ2v) is 8.97. The molecule has 7 rings (SSSR count). The van der Waals surface area contributed by atoms with Crippen molar-refractivity contribution >= 4 is 16.3 Å². The second kappa shape index (κ2) is 4.88. The van der Waals surface area contributed by atoms with Crippen molar-refractivity contribution in [2.75, 3.05) is 0 Å². The summed E-state index contributed by atoms with van der Waals surface area (Å²) in [5.74, 6) is 5.30. The van der Waals surface area contributed by atoms with E-state index in [0.717, 1.165) is 40.0 Å². The number of hydrogen-bond acceptors (Lipinski definition) is 4. The Bertz CT molecular complexity index is 869. The highest BCUT2D eigenvalue weighted by Crippen LogP contribution is 2.60. The highest BCUT2D eigenvalue weighted by molar-refractivity contribution is 7.16. The van der Waals surface area contributed by atoms with Gasteiger partial charge in [0.1, 0.15) is 5.01 Å². The van der Waals surface area contributed by atoms with Crippen molar-refractivity contribution in [3.8, 4) is 11.4 Å². The van der Waals surface area contributed by atoms with Crippen LogP contribution in [0.3, 0.4) is 0 Å². The van der Waals surface area contributed by atoms with Gasteiger partial charge in [0.05, 0.1) is 0 Å². The summed E-state index contributed by atoms with van der Waals surface area (Å²) >= 11 is 1.77. The molecule has 4 nitrogen and oxygen atoms in total. The van der Waals surface area contributed by atoms with Crippen molar-refractivity contribution in [2.45, 2.75) is 38.0 Å². The first-order chi connectivity index (χ1) is 11.8. The second-order valence-electron chi connectivity index (χ2n) is 7.98. The van der Waals surface area contributed by atoms with E-state index >= 15 is 0 Å². The van der Waals surface area contributed by atoms with Crippen LogP contribution in [0.1, 0.15) is 43.0 Å². The van der Waals surface area contributed by atoms with Crippen LogP contribution in [0.2, 0.25) is 0 Å². The molecule has 0 radical (unpaired) electrons. The average molecular weight is 336 g/mol. The average Bonchev–Trinajstić information content (AvgIpc) is 3.15. The number of fused-ring (bicyclic) bond motifs is 1. The number of rotatable bonds is 2. The number of nitrogens with zero attached hydrogens (tertiary/aromatic N) is 4. The van der Waals surface area contributed by atoms with Crippen molar-refractivity contribution in [3.63, 3.8) is 0 Å². The van der Waals surface area contributed by atoms with E-state index in [1.54, 1.807) is 11.3 Å². The fourth-order valence-corrected chi connectivity index (χ4v) is 6.99. The van der Waals surface area contributed by atoms with Crippen LogP contribution < -0.4 is 0 Å². The molecule has 0 saturated heterocycles. The van der Waals surface area contributed by atoms with Crippen LogP contribution in [0, 0.1) is 23.7 Å². The largest absolute Gasteiger partial charge is 0.234 e. The molecule has 24 heavy (non-hydrogen) atoms. The molecule has 4 fully saturated rings. The molecule has 2 aromatic heterocycles. The monoisotopic (exact) mass is 336 g/mol. The predicted octanol–water partition coefficient (Wildman–Crippen LogP) is 4.39. The van der Waals surface area contributed by atoms with E-state index in [1.165, 1.54) is 37.1 Å². The van der Waals surface area contributed by atoms with Crippen LogP contribution in [0.15, 0.2) is 30.3 Å². The normalized spacial score (nSPS) is 34.2. The first-order valence-electron chi connectivity index (χ1n) is 9.12. The van der Waals surface area contributed by atoms with Crippen LogP contribution >= 0.6 is 11.3 Å². The summed E-state index contributed by atoms with van der Waals surface area (Å²) in [6, 6.07) is 10.3. The van der Waals surface area contributed by atoms with E-state index in [1.807, 2.05) is 22.7 Å². The van der Waals surface area contributed by atoms with E-state index in [4.69, 9.17) is 5.10 Å². The number of benzene rings is 1. The molecule has 0 atom stereocenters. The Hall–Kier alpha value is -1.75. The van der Waals surface area contributed by atoms with Gasteiger partial charge >= 0.3 is 0 Å². The van der Waals surface area contributed by atoms with Gasteiger partial charge in [-0.3, -0.25) is 0 Å². The van der Waals surface area contributed by atoms with Crippen LogP contribution in [0.5, 0.6) is 0 Å². The Morgan fingerprint density at radius 2 is 1.58 bits per heavy atom. The molecule has 5 heteroatoms. The minimum Gasteiger partial charge on any atom is -0.183 e. The smallest absolute Gasteiger partial charge is 0.183 e. The molecule has 0 aliphatic heterocycles. The molecule has 1 aromatic carbocycles. The Labute approximate surface area is 144 Å². The summed E-state index contributed by atoms with van der Waals surface area (Å²) in [7, 11) is 0. The van der Waals surface area contributed by atoms with E-state index in [2.05, 4.69) is 22.3 Å². The summed E-state index contributed by atoms with van der Waals surface area (Å²) in [5.41, 5.74) is 1.09. The topological polar surface area (TPSA) is 43.1 Å². The SMILES string of the molecule is c1ccc(-c2nnc3sc(C4C5CC6CC(C5)CC4C6)nn23)cc1. The Kier molecular flexibility index (Phi) is 2.75. The minimum absolute atomic E-state index is 0.674. The summed E-state index contributed by atoms with van der Waals surface area (Å²) in [6.07, 6.45) is 7.24. The molecule has 4 aliphatic rings. The van der Waals surface area contributed by atoms with Crippen LogP contribution in [-0.2, 0) is 0 Å². The number of aromatic nitrogens is 4. The van der Waals surface area contributed by atoms with Gasteiger partial charge in [0, 0.05) is 11.5 Å². The lowest BCUT2D eigenvalue weighted by Gasteiger charge is -2.53. The van der Waals surface area contributed by atoms with E-state index in [9.17, 15) is 0 Å². The highest BCUT2D eigenvalue weighted by Gasteiger charge is 2.49. The minimum atomic E-state index is 0.674. The van der Waals surface area contributed by atoms with Gasteiger partial charge in [-0.15, -0.1) is 10.2 Å². The van der Waals surface area contributed by atoms with Gasteiger partial charge in [0.15, 0.2) is 5.82 Å². The Morgan fingerprint density at radius 1 is 0.875 bits per heavy atom. The first kappa shape index (κ1) is 13.5. The lowest BCUT2D eigenvalue weighted by Crippen LogP contribution is -2.43. The zero-order chi connectivity index (χ0) is 15.7. The maximum atomic E-state index is 5.01. The van der Waals surface area contributed by atoms with Crippen molar-refractivity contribution in [3.05, 3.63) is 35.3 Å². The van der Waals surface area contributed by atoms with Gasteiger partial charge in [-0.25, -0.2) is 0 Å². The molecular formula is C19H20N4S. The molecule has 2 heterocycles. The number of hydrogen-bond donors (Lipinski definition) is 0. The van der Waals surface area contributed by atoms with Crippen LogP contribution in [0.4, 0.5) is 0 Å². The zero-order valence-corrected chi connectivity index (χ0v) is 14.3. The van der Waals surface area contributed by atoms with Crippen molar-refractivity contribution in [2.24, 2.45) is 23.7 Å². The summed E-state index contributed by atoms with van der Waals surface area (Å²) < 4.78 is 1.97. The molecule has 0 N–H and O–H groups in total. The molecule has 4 aliphatic carbocycles. The molecule has 4 saturated carbocycles. The molecule has 3 aromatic rings. The maximum Gasteiger partial charge on any atom is 0.234 e. The standard InChI is InChI=1S/C19H20N4S/c1-2-4-13(5-3-1)17-20-21-19-23(17)22-18(24-19)16-14-7-11-6-12(9-14)10-15(16)8-11/h1-5,11-12,14-16H,6-10H2. The predicted molar refractivity (Wildman–Crippen MR) is 93.9 cm³/mol. The maximum absolute atomic E-state index is 5.01. The lowest BCUT2D eigenvalue weighted by atomic mass is 9.52. The summed E-state index contributed by atoms with van der Waals surface area (Å²) in [6.45, 7) is 0. The van der Waals surface area contributed by atoms with Gasteiger partial charge < -0.3 is 0 Å². The first-order valence-corrected chi connectivity index (χ1v) is 9.94. The van der Waals surface area contributed by atoms with Gasteiger partial charge in [0.25, 0.3) is 0 Å². The Morgan fingerprint density at radius 3 is 2.29 bits per heavy atom. The molecular weight excluding hydrogens is 316 g/mol.